The predicted molar refractivity (Wildman–Crippen MR) is 49.4 cm³/mol. The fraction of sp³-hybridized carbons (Fsp3) is 0.875. The Kier molecular flexibility index (Phi) is 8.97. The molecule has 0 fully saturated rings. The summed E-state index contributed by atoms with van der Waals surface area (Å²) in [5.41, 5.74) is 4.87. The van der Waals surface area contributed by atoms with E-state index in [-0.39, 0.29) is 6.61 Å². The van der Waals surface area contributed by atoms with Crippen molar-refractivity contribution in [2.75, 3.05) is 39.5 Å². The number of amides is 1. The third-order valence-electron chi connectivity index (χ3n) is 1.29. The summed E-state index contributed by atoms with van der Waals surface area (Å²) in [6, 6.07) is 0. The SMILES string of the molecule is CCOCCNCCOCC(N)=O. The molecule has 0 aromatic carbocycles. The fourth-order valence-corrected chi connectivity index (χ4v) is 0.731. The fourth-order valence-electron chi connectivity index (χ4n) is 0.731. The number of carbonyl (C=O) groups excluding carboxylic acids is 1. The summed E-state index contributed by atoms with van der Waals surface area (Å²) in [6.45, 7) is 5.39. The molecule has 0 aromatic rings. The molecule has 0 spiro atoms. The lowest BCUT2D eigenvalue weighted by Crippen LogP contribution is -2.26. The highest BCUT2D eigenvalue weighted by atomic mass is 16.5. The second kappa shape index (κ2) is 9.44. The van der Waals surface area contributed by atoms with E-state index in [1.807, 2.05) is 6.92 Å². The summed E-state index contributed by atoms with van der Waals surface area (Å²) in [4.78, 5) is 10.2. The molecule has 0 saturated carbocycles. The summed E-state index contributed by atoms with van der Waals surface area (Å²) in [5, 5.41) is 3.09. The van der Waals surface area contributed by atoms with Gasteiger partial charge in [0.15, 0.2) is 0 Å². The minimum Gasteiger partial charge on any atom is -0.380 e. The Hall–Kier alpha value is -0.650. The lowest BCUT2D eigenvalue weighted by Gasteiger charge is -2.04. The molecular formula is C8H18N2O3. The van der Waals surface area contributed by atoms with Gasteiger partial charge >= 0.3 is 0 Å². The normalized spacial score (nSPS) is 10.2. The zero-order valence-electron chi connectivity index (χ0n) is 8.04. The molecule has 0 saturated heterocycles. The van der Waals surface area contributed by atoms with Crippen LogP contribution in [0.1, 0.15) is 6.92 Å². The monoisotopic (exact) mass is 190 g/mol. The van der Waals surface area contributed by atoms with Gasteiger partial charge < -0.3 is 20.5 Å². The topological polar surface area (TPSA) is 73.6 Å². The average molecular weight is 190 g/mol. The molecule has 0 unspecified atom stereocenters. The molecule has 5 nitrogen and oxygen atoms in total. The van der Waals surface area contributed by atoms with Crippen LogP contribution in [0.15, 0.2) is 0 Å². The van der Waals surface area contributed by atoms with Gasteiger partial charge in [-0.05, 0) is 6.92 Å². The van der Waals surface area contributed by atoms with E-state index in [1.54, 1.807) is 0 Å². The maximum atomic E-state index is 10.2. The van der Waals surface area contributed by atoms with Crippen LogP contribution in [-0.2, 0) is 14.3 Å². The first-order valence-corrected chi connectivity index (χ1v) is 4.42. The molecule has 78 valence electrons. The first-order chi connectivity index (χ1) is 6.27. The maximum absolute atomic E-state index is 10.2. The standard InChI is InChI=1S/C8H18N2O3/c1-2-12-5-3-10-4-6-13-7-8(9)11/h10H,2-7H2,1H3,(H2,9,11). The Morgan fingerprint density at radius 3 is 2.46 bits per heavy atom. The van der Waals surface area contributed by atoms with E-state index in [0.717, 1.165) is 13.2 Å². The predicted octanol–water partition coefficient (Wildman–Crippen LogP) is -0.886. The maximum Gasteiger partial charge on any atom is 0.243 e. The van der Waals surface area contributed by atoms with Crippen LogP contribution in [0.2, 0.25) is 0 Å². The molecule has 0 heterocycles. The summed E-state index contributed by atoms with van der Waals surface area (Å²) in [7, 11) is 0. The van der Waals surface area contributed by atoms with Crippen molar-refractivity contribution >= 4 is 5.91 Å². The van der Waals surface area contributed by atoms with Crippen molar-refractivity contribution in [3.8, 4) is 0 Å². The van der Waals surface area contributed by atoms with Crippen LogP contribution in [0.5, 0.6) is 0 Å². The number of carbonyl (C=O) groups is 1. The van der Waals surface area contributed by atoms with Crippen LogP contribution in [0.25, 0.3) is 0 Å². The van der Waals surface area contributed by atoms with E-state index in [2.05, 4.69) is 5.32 Å². The van der Waals surface area contributed by atoms with Gasteiger partial charge in [-0.3, -0.25) is 4.79 Å². The van der Waals surface area contributed by atoms with E-state index in [4.69, 9.17) is 15.2 Å². The van der Waals surface area contributed by atoms with Gasteiger partial charge in [0.1, 0.15) is 6.61 Å². The Bertz CT molecular complexity index is 131. The van der Waals surface area contributed by atoms with Gasteiger partial charge in [-0.15, -0.1) is 0 Å². The molecule has 0 radical (unpaired) electrons. The molecule has 0 atom stereocenters. The lowest BCUT2D eigenvalue weighted by molar-refractivity contribution is -0.122. The largest absolute Gasteiger partial charge is 0.380 e. The zero-order chi connectivity index (χ0) is 9.94. The van der Waals surface area contributed by atoms with Crippen LogP contribution in [0.3, 0.4) is 0 Å². The highest BCUT2D eigenvalue weighted by Gasteiger charge is 1.92. The van der Waals surface area contributed by atoms with Gasteiger partial charge in [0, 0.05) is 19.7 Å². The van der Waals surface area contributed by atoms with Crippen molar-refractivity contribution in [3.05, 3.63) is 0 Å². The highest BCUT2D eigenvalue weighted by Crippen LogP contribution is 1.73. The number of nitrogens with two attached hydrogens (primary N) is 1. The van der Waals surface area contributed by atoms with Crippen LogP contribution in [0.4, 0.5) is 0 Å². The number of nitrogens with one attached hydrogen (secondary N) is 1. The molecule has 0 aromatic heterocycles. The average Bonchev–Trinajstić information content (AvgIpc) is 2.09. The minimum atomic E-state index is -0.436. The summed E-state index contributed by atoms with van der Waals surface area (Å²) < 4.78 is 10.0. The van der Waals surface area contributed by atoms with Gasteiger partial charge in [0.25, 0.3) is 0 Å². The van der Waals surface area contributed by atoms with Crippen molar-refractivity contribution in [1.29, 1.82) is 0 Å². The van der Waals surface area contributed by atoms with Crippen molar-refractivity contribution < 1.29 is 14.3 Å². The molecule has 0 aliphatic rings. The molecule has 1 amide bonds. The van der Waals surface area contributed by atoms with Crippen molar-refractivity contribution in [2.45, 2.75) is 6.92 Å². The number of rotatable bonds is 9. The van der Waals surface area contributed by atoms with Crippen LogP contribution in [-0.4, -0.2) is 45.4 Å². The second-order valence-corrected chi connectivity index (χ2v) is 2.47. The molecule has 0 aliphatic carbocycles. The van der Waals surface area contributed by atoms with Gasteiger partial charge in [-0.1, -0.05) is 0 Å². The van der Waals surface area contributed by atoms with Gasteiger partial charge in [0.2, 0.25) is 5.91 Å². The second-order valence-electron chi connectivity index (χ2n) is 2.47. The third kappa shape index (κ3) is 11.3. The molecular weight excluding hydrogens is 172 g/mol. The third-order valence-corrected chi connectivity index (χ3v) is 1.29. The van der Waals surface area contributed by atoms with Crippen molar-refractivity contribution in [1.82, 2.24) is 5.32 Å². The first-order valence-electron chi connectivity index (χ1n) is 4.42. The van der Waals surface area contributed by atoms with E-state index in [9.17, 15) is 4.79 Å². The highest BCUT2D eigenvalue weighted by molar-refractivity contribution is 5.74. The van der Waals surface area contributed by atoms with Crippen LogP contribution >= 0.6 is 0 Å². The molecule has 0 rings (SSSR count). The smallest absolute Gasteiger partial charge is 0.243 e. The quantitative estimate of drug-likeness (QED) is 0.463. The van der Waals surface area contributed by atoms with E-state index < -0.39 is 5.91 Å². The van der Waals surface area contributed by atoms with E-state index in [0.29, 0.717) is 19.8 Å². The Labute approximate surface area is 78.6 Å². The molecule has 13 heavy (non-hydrogen) atoms. The van der Waals surface area contributed by atoms with Crippen LogP contribution in [0, 0.1) is 0 Å². The van der Waals surface area contributed by atoms with Gasteiger partial charge in [0.05, 0.1) is 13.2 Å². The molecule has 5 heteroatoms. The van der Waals surface area contributed by atoms with E-state index in [1.165, 1.54) is 0 Å². The number of ether oxygens (including phenoxy) is 2. The number of hydrogen-bond donors (Lipinski definition) is 2. The molecule has 3 N–H and O–H groups in total. The molecule has 0 bridgehead atoms. The van der Waals surface area contributed by atoms with E-state index >= 15 is 0 Å². The lowest BCUT2D eigenvalue weighted by atomic mass is 10.6. The summed E-state index contributed by atoms with van der Waals surface area (Å²) in [6.07, 6.45) is 0. The minimum absolute atomic E-state index is 0.00681. The van der Waals surface area contributed by atoms with Crippen LogP contribution < -0.4 is 11.1 Å². The van der Waals surface area contributed by atoms with Crippen molar-refractivity contribution in [2.24, 2.45) is 5.73 Å². The summed E-state index contributed by atoms with van der Waals surface area (Å²) >= 11 is 0. The number of primary amides is 1. The van der Waals surface area contributed by atoms with Crippen molar-refractivity contribution in [3.63, 3.8) is 0 Å². The zero-order valence-corrected chi connectivity index (χ0v) is 8.04. The number of hydrogen-bond acceptors (Lipinski definition) is 4. The first kappa shape index (κ1) is 12.3. The Balaban J connectivity index is 2.87. The van der Waals surface area contributed by atoms with Gasteiger partial charge in [-0.2, -0.15) is 0 Å². The summed E-state index contributed by atoms with van der Waals surface area (Å²) in [5.74, 6) is -0.436. The van der Waals surface area contributed by atoms with Gasteiger partial charge in [-0.25, -0.2) is 0 Å². The Morgan fingerprint density at radius 1 is 1.31 bits per heavy atom. The molecule has 0 aliphatic heterocycles. The Morgan fingerprint density at radius 2 is 1.92 bits per heavy atom.